The average molecular weight is 442 g/mol. The number of piperazine rings is 1. The number of halogens is 1. The van der Waals surface area contributed by atoms with Gasteiger partial charge in [-0.1, -0.05) is 72.3 Å². The van der Waals surface area contributed by atoms with Crippen LogP contribution in [0.15, 0.2) is 78.9 Å². The molecule has 0 atom stereocenters. The number of nitrogens with zero attached hydrogens (tertiary/aromatic N) is 3. The van der Waals surface area contributed by atoms with E-state index in [4.69, 9.17) is 11.6 Å². The van der Waals surface area contributed by atoms with E-state index in [0.29, 0.717) is 23.7 Å². The molecule has 32 heavy (non-hydrogen) atoms. The second-order valence-electron chi connectivity index (χ2n) is 7.81. The SMILES string of the molecule is N#Cc1ccccc1-c1ccc(CN2CCN(C(=O)/C=C/c3ccccc3Cl)CC2)cc1. The third kappa shape index (κ3) is 5.26. The summed E-state index contributed by atoms with van der Waals surface area (Å²) in [5.74, 6) is 0.0186. The van der Waals surface area contributed by atoms with Crippen molar-refractivity contribution in [1.82, 2.24) is 9.80 Å². The van der Waals surface area contributed by atoms with Gasteiger partial charge in [0.15, 0.2) is 0 Å². The zero-order chi connectivity index (χ0) is 22.3. The van der Waals surface area contributed by atoms with Crippen molar-refractivity contribution in [2.24, 2.45) is 0 Å². The maximum Gasteiger partial charge on any atom is 0.246 e. The van der Waals surface area contributed by atoms with Gasteiger partial charge in [-0.3, -0.25) is 9.69 Å². The van der Waals surface area contributed by atoms with E-state index < -0.39 is 0 Å². The molecule has 1 amide bonds. The van der Waals surface area contributed by atoms with E-state index >= 15 is 0 Å². The third-order valence-electron chi connectivity index (χ3n) is 5.71. The van der Waals surface area contributed by atoms with Crippen LogP contribution in [0.3, 0.4) is 0 Å². The predicted octanol–water partition coefficient (Wildman–Crippen LogP) is 5.24. The van der Waals surface area contributed by atoms with Gasteiger partial charge in [0.25, 0.3) is 0 Å². The predicted molar refractivity (Wildman–Crippen MR) is 129 cm³/mol. The second kappa shape index (κ2) is 10.3. The van der Waals surface area contributed by atoms with E-state index in [2.05, 4.69) is 35.2 Å². The van der Waals surface area contributed by atoms with Gasteiger partial charge in [0, 0.05) is 43.8 Å². The molecule has 0 saturated carbocycles. The molecule has 0 spiro atoms. The van der Waals surface area contributed by atoms with Gasteiger partial charge in [-0.05, 0) is 40.5 Å². The fourth-order valence-electron chi connectivity index (χ4n) is 3.88. The molecular formula is C27H24ClN3O. The molecule has 1 saturated heterocycles. The zero-order valence-electron chi connectivity index (χ0n) is 17.7. The molecule has 160 valence electrons. The Balaban J connectivity index is 1.31. The summed E-state index contributed by atoms with van der Waals surface area (Å²) in [6.07, 6.45) is 3.39. The van der Waals surface area contributed by atoms with Crippen molar-refractivity contribution >= 4 is 23.6 Å². The zero-order valence-corrected chi connectivity index (χ0v) is 18.5. The van der Waals surface area contributed by atoms with Crippen molar-refractivity contribution in [1.29, 1.82) is 5.26 Å². The number of nitriles is 1. The van der Waals surface area contributed by atoms with Gasteiger partial charge in [0.2, 0.25) is 5.91 Å². The Morgan fingerprint density at radius 1 is 0.938 bits per heavy atom. The van der Waals surface area contributed by atoms with Crippen molar-refractivity contribution in [2.45, 2.75) is 6.54 Å². The molecule has 4 nitrogen and oxygen atoms in total. The lowest BCUT2D eigenvalue weighted by molar-refractivity contribution is -0.127. The van der Waals surface area contributed by atoms with Crippen LogP contribution < -0.4 is 0 Å². The van der Waals surface area contributed by atoms with E-state index in [-0.39, 0.29) is 5.91 Å². The molecule has 1 aliphatic heterocycles. The summed E-state index contributed by atoms with van der Waals surface area (Å²) in [7, 11) is 0. The molecule has 3 aromatic rings. The minimum absolute atomic E-state index is 0.0186. The molecule has 0 radical (unpaired) electrons. The molecule has 1 aliphatic rings. The van der Waals surface area contributed by atoms with Crippen LogP contribution in [0, 0.1) is 11.3 Å². The van der Waals surface area contributed by atoms with Crippen LogP contribution in [0.2, 0.25) is 5.02 Å². The highest BCUT2D eigenvalue weighted by Gasteiger charge is 2.19. The Morgan fingerprint density at radius 3 is 2.34 bits per heavy atom. The van der Waals surface area contributed by atoms with Crippen molar-refractivity contribution < 1.29 is 4.79 Å². The van der Waals surface area contributed by atoms with E-state index in [1.165, 1.54) is 5.56 Å². The molecule has 1 heterocycles. The number of amides is 1. The van der Waals surface area contributed by atoms with E-state index in [0.717, 1.165) is 36.3 Å². The number of carbonyl (C=O) groups excluding carboxylic acids is 1. The lowest BCUT2D eigenvalue weighted by Gasteiger charge is -2.34. The van der Waals surface area contributed by atoms with E-state index in [1.807, 2.05) is 53.4 Å². The molecular weight excluding hydrogens is 418 g/mol. The van der Waals surface area contributed by atoms with Crippen molar-refractivity contribution in [3.8, 4) is 17.2 Å². The van der Waals surface area contributed by atoms with Gasteiger partial charge in [-0.25, -0.2) is 0 Å². The first-order chi connectivity index (χ1) is 15.6. The summed E-state index contributed by atoms with van der Waals surface area (Å²) in [6.45, 7) is 3.94. The summed E-state index contributed by atoms with van der Waals surface area (Å²) >= 11 is 6.15. The highest BCUT2D eigenvalue weighted by atomic mass is 35.5. The number of carbonyl (C=O) groups is 1. The molecule has 3 aromatic carbocycles. The second-order valence-corrected chi connectivity index (χ2v) is 8.22. The van der Waals surface area contributed by atoms with Gasteiger partial charge in [0.05, 0.1) is 11.6 Å². The minimum Gasteiger partial charge on any atom is -0.337 e. The number of benzene rings is 3. The molecule has 0 aliphatic carbocycles. The number of hydrogen-bond donors (Lipinski definition) is 0. The fourth-order valence-corrected chi connectivity index (χ4v) is 4.08. The average Bonchev–Trinajstić information content (AvgIpc) is 2.84. The topological polar surface area (TPSA) is 47.3 Å². The van der Waals surface area contributed by atoms with Crippen molar-refractivity contribution in [2.75, 3.05) is 26.2 Å². The van der Waals surface area contributed by atoms with Crippen LogP contribution in [0.1, 0.15) is 16.7 Å². The van der Waals surface area contributed by atoms with Gasteiger partial charge < -0.3 is 4.90 Å². The molecule has 4 rings (SSSR count). The smallest absolute Gasteiger partial charge is 0.246 e. The Labute approximate surface area is 194 Å². The highest BCUT2D eigenvalue weighted by Crippen LogP contribution is 2.24. The van der Waals surface area contributed by atoms with Gasteiger partial charge >= 0.3 is 0 Å². The first-order valence-electron chi connectivity index (χ1n) is 10.7. The monoisotopic (exact) mass is 441 g/mol. The molecule has 0 bridgehead atoms. The molecule has 5 heteroatoms. The van der Waals surface area contributed by atoms with Crippen molar-refractivity contribution in [3.05, 3.63) is 101 Å². The van der Waals surface area contributed by atoms with Crippen LogP contribution in [-0.4, -0.2) is 41.9 Å². The Morgan fingerprint density at radius 2 is 1.62 bits per heavy atom. The molecule has 0 aromatic heterocycles. The lowest BCUT2D eigenvalue weighted by Crippen LogP contribution is -2.47. The van der Waals surface area contributed by atoms with Crippen molar-refractivity contribution in [3.63, 3.8) is 0 Å². The van der Waals surface area contributed by atoms with Crippen LogP contribution >= 0.6 is 11.6 Å². The minimum atomic E-state index is 0.0186. The molecule has 1 fully saturated rings. The van der Waals surface area contributed by atoms with E-state index in [9.17, 15) is 10.1 Å². The molecule has 0 N–H and O–H groups in total. The quantitative estimate of drug-likeness (QED) is 0.509. The Hall–Kier alpha value is -3.39. The van der Waals surface area contributed by atoms with Gasteiger partial charge in [-0.2, -0.15) is 5.26 Å². The maximum absolute atomic E-state index is 12.5. The van der Waals surface area contributed by atoms with Gasteiger partial charge in [0.1, 0.15) is 0 Å². The fraction of sp³-hybridized carbons (Fsp3) is 0.185. The van der Waals surface area contributed by atoms with Crippen LogP contribution in [0.25, 0.3) is 17.2 Å². The van der Waals surface area contributed by atoms with Crippen LogP contribution in [0.4, 0.5) is 0 Å². The first kappa shape index (κ1) is 21.8. The summed E-state index contributed by atoms with van der Waals surface area (Å²) in [5.41, 5.74) is 4.76. The number of hydrogen-bond acceptors (Lipinski definition) is 3. The summed E-state index contributed by atoms with van der Waals surface area (Å²) < 4.78 is 0. The summed E-state index contributed by atoms with van der Waals surface area (Å²) in [5, 5.41) is 9.96. The standard InChI is InChI=1S/C27H24ClN3O/c28-26-8-4-2-5-23(26)13-14-27(32)31-17-15-30(16-18-31)20-21-9-11-22(12-10-21)25-7-3-1-6-24(25)19-29/h1-14H,15-18,20H2/b14-13+. The van der Waals surface area contributed by atoms with Gasteiger partial charge in [-0.15, -0.1) is 0 Å². The Kier molecular flexibility index (Phi) is 7.01. The van der Waals surface area contributed by atoms with Crippen LogP contribution in [0.5, 0.6) is 0 Å². The highest BCUT2D eigenvalue weighted by molar-refractivity contribution is 6.32. The largest absolute Gasteiger partial charge is 0.337 e. The summed E-state index contributed by atoms with van der Waals surface area (Å²) in [4.78, 5) is 16.8. The normalized spacial score (nSPS) is 14.4. The van der Waals surface area contributed by atoms with E-state index in [1.54, 1.807) is 12.2 Å². The first-order valence-corrected chi connectivity index (χ1v) is 11.0. The number of rotatable bonds is 5. The molecule has 0 unspecified atom stereocenters. The maximum atomic E-state index is 12.5. The summed E-state index contributed by atoms with van der Waals surface area (Å²) in [6, 6.07) is 25.8. The van der Waals surface area contributed by atoms with Crippen LogP contribution in [-0.2, 0) is 11.3 Å². The third-order valence-corrected chi connectivity index (χ3v) is 6.06. The Bertz CT molecular complexity index is 1160. The lowest BCUT2D eigenvalue weighted by atomic mass is 9.99.